The van der Waals surface area contributed by atoms with Crippen LogP contribution in [0.15, 0.2) is 36.4 Å². The number of nitrogens with zero attached hydrogens (tertiary/aromatic N) is 1. The van der Waals surface area contributed by atoms with Gasteiger partial charge in [-0.05, 0) is 42.8 Å². The maximum Gasteiger partial charge on any atom is 0.326 e. The van der Waals surface area contributed by atoms with Gasteiger partial charge in [0.2, 0.25) is 0 Å². The lowest BCUT2D eigenvalue weighted by atomic mass is 10.2. The average Bonchev–Trinajstić information content (AvgIpc) is 2.50. The van der Waals surface area contributed by atoms with Gasteiger partial charge in [0.05, 0.1) is 12.2 Å². The Bertz CT molecular complexity index is 736. The quantitative estimate of drug-likeness (QED) is 0.854. The second kappa shape index (κ2) is 5.85. The van der Waals surface area contributed by atoms with Crippen molar-refractivity contribution < 1.29 is 13.9 Å². The molecule has 1 aliphatic heterocycles. The van der Waals surface area contributed by atoms with Gasteiger partial charge in [0.1, 0.15) is 18.2 Å². The van der Waals surface area contributed by atoms with Crippen molar-refractivity contribution in [3.05, 3.63) is 52.8 Å². The topological polar surface area (TPSA) is 41.6 Å². The number of carbonyl (C=O) groups is 1. The van der Waals surface area contributed by atoms with E-state index in [0.29, 0.717) is 40.9 Å². The van der Waals surface area contributed by atoms with Crippen LogP contribution in [-0.2, 0) is 0 Å². The zero-order valence-electron chi connectivity index (χ0n) is 11.9. The summed E-state index contributed by atoms with van der Waals surface area (Å²) in [6.45, 7) is 2.46. The summed E-state index contributed by atoms with van der Waals surface area (Å²) in [5.74, 6) is 0.240. The van der Waals surface area contributed by atoms with Gasteiger partial charge in [-0.25, -0.2) is 9.18 Å². The summed E-state index contributed by atoms with van der Waals surface area (Å²) in [4.78, 5) is 14.0. The zero-order chi connectivity index (χ0) is 15.7. The number of amides is 2. The van der Waals surface area contributed by atoms with Crippen molar-refractivity contribution in [2.75, 3.05) is 23.4 Å². The maximum atomic E-state index is 13.6. The van der Waals surface area contributed by atoms with Gasteiger partial charge in [0, 0.05) is 10.7 Å². The molecule has 22 heavy (non-hydrogen) atoms. The highest BCUT2D eigenvalue weighted by Crippen LogP contribution is 2.34. The van der Waals surface area contributed by atoms with Gasteiger partial charge >= 0.3 is 6.03 Å². The number of fused-ring (bicyclic) bond motifs is 1. The minimum absolute atomic E-state index is 0.352. The number of nitrogens with one attached hydrogen (secondary N) is 1. The van der Waals surface area contributed by atoms with Gasteiger partial charge < -0.3 is 10.1 Å². The Balaban J connectivity index is 1.84. The molecule has 0 bridgehead atoms. The molecule has 2 amide bonds. The molecule has 0 aliphatic carbocycles. The first-order valence-electron chi connectivity index (χ1n) is 6.81. The van der Waals surface area contributed by atoms with E-state index in [-0.39, 0.29) is 11.8 Å². The first-order valence-corrected chi connectivity index (χ1v) is 7.19. The summed E-state index contributed by atoms with van der Waals surface area (Å²) in [5.41, 5.74) is 1.54. The molecule has 2 aromatic rings. The van der Waals surface area contributed by atoms with Crippen LogP contribution in [0.1, 0.15) is 5.56 Å². The fourth-order valence-electron chi connectivity index (χ4n) is 2.26. The molecule has 4 nitrogen and oxygen atoms in total. The largest absolute Gasteiger partial charge is 0.490 e. The Kier molecular flexibility index (Phi) is 3.90. The normalized spacial score (nSPS) is 13.3. The van der Waals surface area contributed by atoms with E-state index in [2.05, 4.69) is 5.32 Å². The van der Waals surface area contributed by atoms with Crippen LogP contribution in [-0.4, -0.2) is 19.2 Å². The molecule has 0 atom stereocenters. The van der Waals surface area contributed by atoms with Crippen molar-refractivity contribution in [2.45, 2.75) is 6.92 Å². The van der Waals surface area contributed by atoms with Crippen LogP contribution in [0.5, 0.6) is 5.75 Å². The second-order valence-corrected chi connectivity index (χ2v) is 5.44. The van der Waals surface area contributed by atoms with E-state index in [1.54, 1.807) is 37.3 Å². The Hall–Kier alpha value is -2.27. The Labute approximate surface area is 132 Å². The van der Waals surface area contributed by atoms with E-state index in [9.17, 15) is 9.18 Å². The van der Waals surface area contributed by atoms with E-state index >= 15 is 0 Å². The summed E-state index contributed by atoms with van der Waals surface area (Å²) in [5, 5.41) is 3.21. The molecule has 1 heterocycles. The van der Waals surface area contributed by atoms with Crippen molar-refractivity contribution in [1.29, 1.82) is 0 Å². The number of benzene rings is 2. The maximum absolute atomic E-state index is 13.6. The van der Waals surface area contributed by atoms with Gasteiger partial charge in [-0.1, -0.05) is 17.7 Å². The molecule has 6 heteroatoms. The monoisotopic (exact) mass is 320 g/mol. The van der Waals surface area contributed by atoms with Crippen LogP contribution in [0, 0.1) is 12.7 Å². The molecule has 1 N–H and O–H groups in total. The smallest absolute Gasteiger partial charge is 0.326 e. The predicted octanol–water partition coefficient (Wildman–Crippen LogP) is 4.22. The molecule has 0 fully saturated rings. The van der Waals surface area contributed by atoms with Crippen LogP contribution in [0.4, 0.5) is 20.6 Å². The number of ether oxygens (including phenoxy) is 1. The number of hydrogen-bond donors (Lipinski definition) is 1. The van der Waals surface area contributed by atoms with Crippen LogP contribution in [0.2, 0.25) is 5.02 Å². The summed E-state index contributed by atoms with van der Waals surface area (Å²) in [6.07, 6.45) is 0. The van der Waals surface area contributed by atoms with Gasteiger partial charge in [-0.2, -0.15) is 0 Å². The highest BCUT2D eigenvalue weighted by molar-refractivity contribution is 6.31. The zero-order valence-corrected chi connectivity index (χ0v) is 12.7. The summed E-state index contributed by atoms with van der Waals surface area (Å²) in [6, 6.07) is 9.33. The molecule has 0 radical (unpaired) electrons. The third kappa shape index (κ3) is 2.85. The Morgan fingerprint density at radius 2 is 2.14 bits per heavy atom. The van der Waals surface area contributed by atoms with Crippen molar-refractivity contribution in [3.8, 4) is 5.75 Å². The molecule has 0 saturated heterocycles. The summed E-state index contributed by atoms with van der Waals surface area (Å²) < 4.78 is 19.1. The molecular formula is C16H14ClFN2O2. The van der Waals surface area contributed by atoms with E-state index in [1.165, 1.54) is 11.0 Å². The molecular weight excluding hydrogens is 307 g/mol. The number of rotatable bonds is 1. The first kappa shape index (κ1) is 14.7. The average molecular weight is 321 g/mol. The van der Waals surface area contributed by atoms with Crippen molar-refractivity contribution in [2.24, 2.45) is 0 Å². The highest BCUT2D eigenvalue weighted by atomic mass is 35.5. The molecule has 0 spiro atoms. The molecule has 114 valence electrons. The van der Waals surface area contributed by atoms with Crippen molar-refractivity contribution >= 4 is 29.0 Å². The van der Waals surface area contributed by atoms with E-state index in [1.807, 2.05) is 0 Å². The minimum atomic E-state index is -0.358. The predicted molar refractivity (Wildman–Crippen MR) is 84.4 cm³/mol. The number of anilines is 2. The lowest BCUT2D eigenvalue weighted by Gasteiger charge is -2.29. The standard InChI is InChI=1S/C16H14ClFN2O2/c1-10-2-4-12(9-13(10)18)19-16(21)20-6-7-22-15-5-3-11(17)8-14(15)20/h2-5,8-9H,6-7H2,1H3,(H,19,21). The third-order valence-electron chi connectivity index (χ3n) is 3.45. The van der Waals surface area contributed by atoms with Crippen LogP contribution < -0.4 is 15.0 Å². The SMILES string of the molecule is Cc1ccc(NC(=O)N2CCOc3ccc(Cl)cc32)cc1F. The first-order chi connectivity index (χ1) is 10.5. The van der Waals surface area contributed by atoms with Crippen LogP contribution in [0.25, 0.3) is 0 Å². The van der Waals surface area contributed by atoms with Gasteiger partial charge in [-0.15, -0.1) is 0 Å². The molecule has 0 saturated carbocycles. The van der Waals surface area contributed by atoms with E-state index < -0.39 is 0 Å². The lowest BCUT2D eigenvalue weighted by molar-refractivity contribution is 0.250. The van der Waals surface area contributed by atoms with Gasteiger partial charge in [0.25, 0.3) is 0 Å². The van der Waals surface area contributed by atoms with Crippen LogP contribution in [0.3, 0.4) is 0 Å². The molecule has 1 aliphatic rings. The van der Waals surface area contributed by atoms with Crippen LogP contribution >= 0.6 is 11.6 Å². The number of carbonyl (C=O) groups excluding carboxylic acids is 1. The fraction of sp³-hybridized carbons (Fsp3) is 0.188. The van der Waals surface area contributed by atoms with E-state index in [0.717, 1.165) is 0 Å². The van der Waals surface area contributed by atoms with Crippen molar-refractivity contribution in [3.63, 3.8) is 0 Å². The second-order valence-electron chi connectivity index (χ2n) is 5.01. The van der Waals surface area contributed by atoms with Gasteiger partial charge in [0.15, 0.2) is 0 Å². The summed E-state index contributed by atoms with van der Waals surface area (Å²) >= 11 is 5.98. The number of halogens is 2. The molecule has 0 unspecified atom stereocenters. The van der Waals surface area contributed by atoms with E-state index in [4.69, 9.17) is 16.3 Å². The molecule has 3 rings (SSSR count). The number of urea groups is 1. The lowest BCUT2D eigenvalue weighted by Crippen LogP contribution is -2.40. The molecule has 0 aromatic heterocycles. The summed E-state index contributed by atoms with van der Waals surface area (Å²) in [7, 11) is 0. The Morgan fingerprint density at radius 3 is 2.91 bits per heavy atom. The highest BCUT2D eigenvalue weighted by Gasteiger charge is 2.24. The van der Waals surface area contributed by atoms with Gasteiger partial charge in [-0.3, -0.25) is 4.90 Å². The van der Waals surface area contributed by atoms with Crippen molar-refractivity contribution in [1.82, 2.24) is 0 Å². The Morgan fingerprint density at radius 1 is 1.32 bits per heavy atom. The minimum Gasteiger partial charge on any atom is -0.490 e. The third-order valence-corrected chi connectivity index (χ3v) is 3.69. The fourth-order valence-corrected chi connectivity index (χ4v) is 2.43. The number of hydrogen-bond acceptors (Lipinski definition) is 2. The molecule has 2 aromatic carbocycles. The number of aryl methyl sites for hydroxylation is 1.